The van der Waals surface area contributed by atoms with Crippen LogP contribution in [0.2, 0.25) is 5.02 Å². The second-order valence-corrected chi connectivity index (χ2v) is 6.30. The molecule has 0 saturated heterocycles. The van der Waals surface area contributed by atoms with Gasteiger partial charge in [0.15, 0.2) is 11.5 Å². The number of aliphatic carboxylic acids is 1. The van der Waals surface area contributed by atoms with Gasteiger partial charge in [0.05, 0.1) is 18.2 Å². The molecule has 1 heterocycles. The van der Waals surface area contributed by atoms with Crippen LogP contribution >= 0.6 is 11.6 Å². The molecule has 4 nitrogen and oxygen atoms in total. The fourth-order valence-corrected chi connectivity index (χ4v) is 2.33. The summed E-state index contributed by atoms with van der Waals surface area (Å²) in [4.78, 5) is 10.5. The van der Waals surface area contributed by atoms with Crippen LogP contribution in [0.5, 0.6) is 11.5 Å². The van der Waals surface area contributed by atoms with Crippen molar-refractivity contribution in [2.45, 2.75) is 33.1 Å². The zero-order valence-electron chi connectivity index (χ0n) is 11.7. The number of rotatable bonds is 4. The molecule has 0 amide bonds. The maximum absolute atomic E-state index is 10.5. The number of carboxylic acid groups (broad SMARTS) is 1. The van der Waals surface area contributed by atoms with E-state index in [-0.39, 0.29) is 11.8 Å². The summed E-state index contributed by atoms with van der Waals surface area (Å²) in [5, 5.41) is 9.18. The first-order valence-corrected chi connectivity index (χ1v) is 7.05. The monoisotopic (exact) mass is 298 g/mol. The number of carbonyl (C=O) groups is 1. The normalized spacial score (nSPS) is 16.6. The molecular weight excluding hydrogens is 280 g/mol. The first-order chi connectivity index (χ1) is 9.37. The molecule has 1 N–H and O–H groups in total. The molecule has 0 aromatic heterocycles. The van der Waals surface area contributed by atoms with Crippen LogP contribution in [0.25, 0.3) is 0 Å². The number of hydrogen-bond donors (Lipinski definition) is 1. The minimum atomic E-state index is -0.785. The molecule has 1 aromatic carbocycles. The maximum atomic E-state index is 10.5. The number of carboxylic acids is 1. The van der Waals surface area contributed by atoms with Gasteiger partial charge in [-0.15, -0.1) is 0 Å². The van der Waals surface area contributed by atoms with Gasteiger partial charge in [-0.3, -0.25) is 4.79 Å². The number of aryl methyl sites for hydroxylation is 1. The molecule has 0 unspecified atom stereocenters. The second kappa shape index (κ2) is 5.92. The van der Waals surface area contributed by atoms with Crippen LogP contribution in [0.15, 0.2) is 12.1 Å². The smallest absolute Gasteiger partial charge is 0.303 e. The highest BCUT2D eigenvalue weighted by molar-refractivity contribution is 6.32. The molecule has 0 fully saturated rings. The highest BCUT2D eigenvalue weighted by Crippen LogP contribution is 2.40. The Balaban J connectivity index is 2.14. The van der Waals surface area contributed by atoms with Crippen molar-refractivity contribution >= 4 is 17.6 Å². The third-order valence-electron chi connectivity index (χ3n) is 3.15. The summed E-state index contributed by atoms with van der Waals surface area (Å²) in [5.74, 6) is 0.444. The van der Waals surface area contributed by atoms with Crippen LogP contribution < -0.4 is 9.47 Å². The van der Waals surface area contributed by atoms with E-state index in [0.29, 0.717) is 42.6 Å². The van der Waals surface area contributed by atoms with Crippen LogP contribution in [0.1, 0.15) is 32.3 Å². The molecule has 1 aliphatic heterocycles. The summed E-state index contributed by atoms with van der Waals surface area (Å²) >= 11 is 6.23. The van der Waals surface area contributed by atoms with E-state index in [2.05, 4.69) is 13.8 Å². The van der Waals surface area contributed by atoms with Crippen molar-refractivity contribution in [3.63, 3.8) is 0 Å². The summed E-state index contributed by atoms with van der Waals surface area (Å²) in [6.07, 6.45) is 1.39. The van der Waals surface area contributed by atoms with E-state index in [1.165, 1.54) is 0 Å². The summed E-state index contributed by atoms with van der Waals surface area (Å²) in [6.45, 7) is 5.26. The third-order valence-corrected chi connectivity index (χ3v) is 3.43. The first-order valence-electron chi connectivity index (χ1n) is 6.67. The van der Waals surface area contributed by atoms with Crippen molar-refractivity contribution in [3.05, 3.63) is 22.7 Å². The van der Waals surface area contributed by atoms with Gasteiger partial charge < -0.3 is 14.6 Å². The van der Waals surface area contributed by atoms with E-state index in [0.717, 1.165) is 5.56 Å². The molecule has 0 spiro atoms. The Labute approximate surface area is 123 Å². The van der Waals surface area contributed by atoms with Crippen LogP contribution in [0.4, 0.5) is 0 Å². The highest BCUT2D eigenvalue weighted by atomic mass is 35.5. The van der Waals surface area contributed by atoms with Gasteiger partial charge in [-0.2, -0.15) is 0 Å². The zero-order valence-corrected chi connectivity index (χ0v) is 12.5. The summed E-state index contributed by atoms with van der Waals surface area (Å²) in [6, 6.07) is 3.72. The van der Waals surface area contributed by atoms with Crippen molar-refractivity contribution in [1.82, 2.24) is 0 Å². The van der Waals surface area contributed by atoms with Crippen molar-refractivity contribution < 1.29 is 19.4 Å². The number of hydrogen-bond acceptors (Lipinski definition) is 3. The van der Waals surface area contributed by atoms with Crippen LogP contribution in [-0.2, 0) is 11.2 Å². The summed E-state index contributed by atoms with van der Waals surface area (Å²) < 4.78 is 11.5. The van der Waals surface area contributed by atoms with E-state index in [9.17, 15) is 4.79 Å². The lowest BCUT2D eigenvalue weighted by Gasteiger charge is -2.19. The standard InChI is InChI=1S/C15H19ClO4/c1-15(2)8-19-12-7-10(4-3-5-13(17)18)6-11(16)14(12)20-9-15/h6-7H,3-5,8-9H2,1-2H3,(H,17,18). The van der Waals surface area contributed by atoms with Gasteiger partial charge in [0, 0.05) is 11.8 Å². The van der Waals surface area contributed by atoms with Gasteiger partial charge in [0.1, 0.15) is 0 Å². The Morgan fingerprint density at radius 2 is 2.05 bits per heavy atom. The fourth-order valence-electron chi connectivity index (χ4n) is 2.04. The van der Waals surface area contributed by atoms with Crippen LogP contribution in [0.3, 0.4) is 0 Å². The minimum absolute atomic E-state index is 0.0637. The largest absolute Gasteiger partial charge is 0.489 e. The predicted octanol–water partition coefficient (Wildman–Crippen LogP) is 3.54. The lowest BCUT2D eigenvalue weighted by atomic mass is 9.97. The maximum Gasteiger partial charge on any atom is 0.303 e. The van der Waals surface area contributed by atoms with Crippen molar-refractivity contribution in [2.75, 3.05) is 13.2 Å². The quantitative estimate of drug-likeness (QED) is 0.923. The van der Waals surface area contributed by atoms with E-state index in [1.807, 2.05) is 12.1 Å². The molecule has 5 heteroatoms. The molecule has 0 saturated carbocycles. The number of fused-ring (bicyclic) bond motifs is 1. The molecule has 0 bridgehead atoms. The van der Waals surface area contributed by atoms with Gasteiger partial charge in [0.2, 0.25) is 0 Å². The molecule has 0 radical (unpaired) electrons. The second-order valence-electron chi connectivity index (χ2n) is 5.89. The van der Waals surface area contributed by atoms with Crippen LogP contribution in [0, 0.1) is 5.41 Å². The molecule has 0 aliphatic carbocycles. The highest BCUT2D eigenvalue weighted by Gasteiger charge is 2.26. The fraction of sp³-hybridized carbons (Fsp3) is 0.533. The van der Waals surface area contributed by atoms with Gasteiger partial charge in [-0.25, -0.2) is 0 Å². The minimum Gasteiger partial charge on any atom is -0.489 e. The zero-order chi connectivity index (χ0) is 14.8. The molecule has 20 heavy (non-hydrogen) atoms. The van der Waals surface area contributed by atoms with Gasteiger partial charge in [-0.05, 0) is 30.5 Å². The molecule has 1 aliphatic rings. The Morgan fingerprint density at radius 1 is 1.35 bits per heavy atom. The molecule has 1 aromatic rings. The van der Waals surface area contributed by atoms with Crippen LogP contribution in [-0.4, -0.2) is 24.3 Å². The first kappa shape index (κ1) is 15.0. The SMILES string of the molecule is CC1(C)COc2cc(CCCC(=O)O)cc(Cl)c2OC1. The van der Waals surface area contributed by atoms with Crippen molar-refractivity contribution in [3.8, 4) is 11.5 Å². The molecule has 2 rings (SSSR count). The number of ether oxygens (including phenoxy) is 2. The molecular formula is C15H19ClO4. The lowest BCUT2D eigenvalue weighted by molar-refractivity contribution is -0.137. The molecule has 110 valence electrons. The molecule has 0 atom stereocenters. The lowest BCUT2D eigenvalue weighted by Crippen LogP contribution is -2.26. The van der Waals surface area contributed by atoms with Gasteiger partial charge in [-0.1, -0.05) is 25.4 Å². The average molecular weight is 299 g/mol. The summed E-state index contributed by atoms with van der Waals surface area (Å²) in [7, 11) is 0. The predicted molar refractivity (Wildman–Crippen MR) is 76.8 cm³/mol. The van der Waals surface area contributed by atoms with E-state index >= 15 is 0 Å². The van der Waals surface area contributed by atoms with Crippen molar-refractivity contribution in [1.29, 1.82) is 0 Å². The third kappa shape index (κ3) is 3.79. The average Bonchev–Trinajstić information content (AvgIpc) is 2.49. The summed E-state index contributed by atoms with van der Waals surface area (Å²) in [5.41, 5.74) is 0.907. The van der Waals surface area contributed by atoms with Gasteiger partial charge in [0.25, 0.3) is 0 Å². The number of benzene rings is 1. The number of halogens is 1. The Hall–Kier alpha value is -1.42. The Bertz CT molecular complexity index is 511. The van der Waals surface area contributed by atoms with Gasteiger partial charge >= 0.3 is 5.97 Å². The van der Waals surface area contributed by atoms with Crippen molar-refractivity contribution in [2.24, 2.45) is 5.41 Å². The van der Waals surface area contributed by atoms with E-state index in [4.69, 9.17) is 26.2 Å². The van der Waals surface area contributed by atoms with E-state index in [1.54, 1.807) is 0 Å². The Kier molecular flexibility index (Phi) is 4.43. The van der Waals surface area contributed by atoms with E-state index < -0.39 is 5.97 Å². The topological polar surface area (TPSA) is 55.8 Å². The Morgan fingerprint density at radius 3 is 2.75 bits per heavy atom.